The summed E-state index contributed by atoms with van der Waals surface area (Å²) in [5, 5.41) is 9.36. The number of anilines is 1. The van der Waals surface area contributed by atoms with Gasteiger partial charge in [0, 0.05) is 30.9 Å². The van der Waals surface area contributed by atoms with Gasteiger partial charge in [-0.15, -0.1) is 11.3 Å². The van der Waals surface area contributed by atoms with E-state index in [-0.39, 0.29) is 0 Å². The van der Waals surface area contributed by atoms with Gasteiger partial charge in [-0.05, 0) is 36.8 Å². The first-order chi connectivity index (χ1) is 10.3. The number of aryl methyl sites for hydroxylation is 1. The Kier molecular flexibility index (Phi) is 3.11. The van der Waals surface area contributed by atoms with Gasteiger partial charge in [0.2, 0.25) is 0 Å². The fourth-order valence-corrected chi connectivity index (χ4v) is 4.12. The van der Waals surface area contributed by atoms with E-state index in [2.05, 4.69) is 43.4 Å². The van der Waals surface area contributed by atoms with Gasteiger partial charge in [0.1, 0.15) is 12.1 Å². The van der Waals surface area contributed by atoms with Crippen molar-refractivity contribution in [3.8, 4) is 0 Å². The van der Waals surface area contributed by atoms with Crippen molar-refractivity contribution in [2.75, 3.05) is 18.0 Å². The Morgan fingerprint density at radius 2 is 2.33 bits per heavy atom. The van der Waals surface area contributed by atoms with Gasteiger partial charge in [0.05, 0.1) is 10.2 Å². The summed E-state index contributed by atoms with van der Waals surface area (Å²) in [4.78, 5) is 11.4. The number of aromatic amines is 1. The van der Waals surface area contributed by atoms with Crippen molar-refractivity contribution >= 4 is 27.4 Å². The molecule has 6 heteroatoms. The van der Waals surface area contributed by atoms with Crippen molar-refractivity contribution in [3.63, 3.8) is 0 Å². The molecule has 108 valence electrons. The van der Waals surface area contributed by atoms with E-state index in [9.17, 15) is 0 Å². The monoisotopic (exact) mass is 299 g/mol. The van der Waals surface area contributed by atoms with E-state index in [0.717, 1.165) is 24.4 Å². The lowest BCUT2D eigenvalue weighted by Gasteiger charge is -2.33. The van der Waals surface area contributed by atoms with Crippen molar-refractivity contribution < 1.29 is 0 Å². The fourth-order valence-electron chi connectivity index (χ4n) is 3.10. The molecule has 1 aliphatic rings. The number of aromatic nitrogens is 4. The molecule has 3 aromatic heterocycles. The van der Waals surface area contributed by atoms with Crippen molar-refractivity contribution in [3.05, 3.63) is 35.2 Å². The minimum atomic E-state index is 0.507. The van der Waals surface area contributed by atoms with Gasteiger partial charge in [0.15, 0.2) is 0 Å². The summed E-state index contributed by atoms with van der Waals surface area (Å²) in [6, 6.07) is 2.08. The molecule has 0 aromatic carbocycles. The third-order valence-corrected chi connectivity index (χ3v) is 5.28. The molecule has 1 fully saturated rings. The third kappa shape index (κ3) is 2.19. The molecule has 0 unspecified atom stereocenters. The van der Waals surface area contributed by atoms with E-state index in [0.29, 0.717) is 5.92 Å². The lowest BCUT2D eigenvalue weighted by Crippen LogP contribution is -2.35. The molecular formula is C15H17N5S. The number of nitrogens with one attached hydrogen (secondary N) is 1. The van der Waals surface area contributed by atoms with Crippen molar-refractivity contribution in [2.45, 2.75) is 25.7 Å². The van der Waals surface area contributed by atoms with E-state index >= 15 is 0 Å². The number of piperidine rings is 1. The molecule has 4 heterocycles. The van der Waals surface area contributed by atoms with E-state index in [1.165, 1.54) is 28.8 Å². The summed E-state index contributed by atoms with van der Waals surface area (Å²) in [5.74, 6) is 1.59. The van der Waals surface area contributed by atoms with Crippen LogP contribution in [0.3, 0.4) is 0 Å². The Hall–Kier alpha value is -1.95. The minimum Gasteiger partial charge on any atom is -0.355 e. The molecule has 5 nitrogen and oxygen atoms in total. The molecule has 0 saturated carbocycles. The first-order valence-corrected chi connectivity index (χ1v) is 8.14. The smallest absolute Gasteiger partial charge is 0.150 e. The molecule has 1 saturated heterocycles. The maximum atomic E-state index is 4.56. The molecular weight excluding hydrogens is 282 g/mol. The van der Waals surface area contributed by atoms with Gasteiger partial charge < -0.3 is 4.90 Å². The van der Waals surface area contributed by atoms with Crippen LogP contribution in [0.2, 0.25) is 0 Å². The second kappa shape index (κ2) is 5.11. The van der Waals surface area contributed by atoms with E-state index in [1.54, 1.807) is 17.7 Å². The number of hydrogen-bond donors (Lipinski definition) is 1. The highest BCUT2D eigenvalue weighted by molar-refractivity contribution is 7.18. The molecule has 3 aromatic rings. The highest BCUT2D eigenvalue weighted by Crippen LogP contribution is 2.34. The quantitative estimate of drug-likeness (QED) is 0.790. The van der Waals surface area contributed by atoms with Gasteiger partial charge in [-0.2, -0.15) is 5.10 Å². The first kappa shape index (κ1) is 12.8. The van der Waals surface area contributed by atoms with Crippen LogP contribution < -0.4 is 4.90 Å². The molecule has 1 atom stereocenters. The normalized spacial score (nSPS) is 19.3. The number of hydrogen-bond acceptors (Lipinski definition) is 5. The standard InChI is InChI=1S/C15H17N5S/c1-10-8-21-14-13(10)16-9-17-15(14)20-6-2-3-11(7-20)12-4-5-18-19-12/h4-5,8-9,11H,2-3,6-7H2,1H3,(H,18,19)/t11-/m1/s1. The Labute approximate surface area is 127 Å². The van der Waals surface area contributed by atoms with Crippen LogP contribution in [0.15, 0.2) is 24.0 Å². The van der Waals surface area contributed by atoms with E-state index in [4.69, 9.17) is 0 Å². The largest absolute Gasteiger partial charge is 0.355 e. The minimum absolute atomic E-state index is 0.507. The van der Waals surface area contributed by atoms with Crippen molar-refractivity contribution in [1.82, 2.24) is 20.2 Å². The van der Waals surface area contributed by atoms with Gasteiger partial charge in [-0.25, -0.2) is 9.97 Å². The van der Waals surface area contributed by atoms with Crippen LogP contribution in [0.25, 0.3) is 10.2 Å². The molecule has 0 spiro atoms. The van der Waals surface area contributed by atoms with Gasteiger partial charge in [-0.1, -0.05) is 0 Å². The first-order valence-electron chi connectivity index (χ1n) is 7.26. The molecule has 0 bridgehead atoms. The zero-order valence-corrected chi connectivity index (χ0v) is 12.7. The van der Waals surface area contributed by atoms with Gasteiger partial charge in [-0.3, -0.25) is 5.10 Å². The molecule has 0 aliphatic carbocycles. The fraction of sp³-hybridized carbons (Fsp3) is 0.400. The molecule has 4 rings (SSSR count). The summed E-state index contributed by atoms with van der Waals surface area (Å²) < 4.78 is 1.21. The van der Waals surface area contributed by atoms with Crippen LogP contribution in [0.1, 0.15) is 30.0 Å². The predicted molar refractivity (Wildman–Crippen MR) is 84.9 cm³/mol. The van der Waals surface area contributed by atoms with Crippen LogP contribution in [-0.4, -0.2) is 33.3 Å². The Morgan fingerprint density at radius 1 is 1.38 bits per heavy atom. The third-order valence-electron chi connectivity index (χ3n) is 4.20. The number of thiophene rings is 1. The second-order valence-corrected chi connectivity index (χ2v) is 6.47. The van der Waals surface area contributed by atoms with Crippen LogP contribution in [0, 0.1) is 6.92 Å². The summed E-state index contributed by atoms with van der Waals surface area (Å²) >= 11 is 1.75. The zero-order chi connectivity index (χ0) is 14.2. The molecule has 0 amide bonds. The highest BCUT2D eigenvalue weighted by Gasteiger charge is 2.25. The average Bonchev–Trinajstić information content (AvgIpc) is 3.18. The Bertz CT molecular complexity index is 749. The van der Waals surface area contributed by atoms with Crippen LogP contribution in [-0.2, 0) is 0 Å². The van der Waals surface area contributed by atoms with E-state index in [1.807, 2.05) is 6.20 Å². The SMILES string of the molecule is Cc1csc2c(N3CCC[C@@H](c4ccn[nH]4)C3)ncnc12. The predicted octanol–water partition coefficient (Wildman–Crippen LogP) is 3.11. The van der Waals surface area contributed by atoms with Crippen LogP contribution in [0.4, 0.5) is 5.82 Å². The van der Waals surface area contributed by atoms with Gasteiger partial charge in [0.25, 0.3) is 0 Å². The maximum Gasteiger partial charge on any atom is 0.150 e. The number of fused-ring (bicyclic) bond motifs is 1. The van der Waals surface area contributed by atoms with Crippen molar-refractivity contribution in [2.24, 2.45) is 0 Å². The number of nitrogens with zero attached hydrogens (tertiary/aromatic N) is 4. The average molecular weight is 299 g/mol. The zero-order valence-electron chi connectivity index (χ0n) is 11.9. The summed E-state index contributed by atoms with van der Waals surface area (Å²) in [5.41, 5.74) is 3.56. The molecule has 1 N–H and O–H groups in total. The molecule has 1 aliphatic heterocycles. The van der Waals surface area contributed by atoms with Crippen LogP contribution in [0.5, 0.6) is 0 Å². The topological polar surface area (TPSA) is 57.7 Å². The Morgan fingerprint density at radius 3 is 3.19 bits per heavy atom. The maximum absolute atomic E-state index is 4.56. The highest BCUT2D eigenvalue weighted by atomic mass is 32.1. The summed E-state index contributed by atoms with van der Waals surface area (Å²) in [6.07, 6.45) is 5.91. The molecule has 0 radical (unpaired) electrons. The van der Waals surface area contributed by atoms with Crippen molar-refractivity contribution in [1.29, 1.82) is 0 Å². The van der Waals surface area contributed by atoms with Crippen LogP contribution >= 0.6 is 11.3 Å². The second-order valence-electron chi connectivity index (χ2n) is 5.59. The molecule has 21 heavy (non-hydrogen) atoms. The lowest BCUT2D eigenvalue weighted by molar-refractivity contribution is 0.499. The summed E-state index contributed by atoms with van der Waals surface area (Å²) in [7, 11) is 0. The van der Waals surface area contributed by atoms with E-state index < -0.39 is 0 Å². The van der Waals surface area contributed by atoms with Gasteiger partial charge >= 0.3 is 0 Å². The number of H-pyrrole nitrogens is 1. The number of rotatable bonds is 2. The lowest BCUT2D eigenvalue weighted by atomic mass is 9.95. The Balaban J connectivity index is 1.68. The summed E-state index contributed by atoms with van der Waals surface area (Å²) in [6.45, 7) is 4.16.